The van der Waals surface area contributed by atoms with Gasteiger partial charge in [0.05, 0.1) is 0 Å². The smallest absolute Gasteiger partial charge is 0.428 e. The lowest BCUT2D eigenvalue weighted by molar-refractivity contribution is -0.253. The number of hydrogen-bond acceptors (Lipinski definition) is 3. The molecule has 0 amide bonds. The monoisotopic (exact) mass is 317 g/mol. The van der Waals surface area contributed by atoms with Gasteiger partial charge in [0.1, 0.15) is 5.75 Å². The lowest BCUT2D eigenvalue weighted by Gasteiger charge is -2.17. The lowest BCUT2D eigenvalue weighted by Crippen LogP contribution is -2.33. The number of nitrogens with two attached hydrogens (primary N) is 1. The van der Waals surface area contributed by atoms with Gasteiger partial charge in [0.25, 0.3) is 0 Å². The fourth-order valence-corrected chi connectivity index (χ4v) is 1.46. The Bertz CT molecular complexity index is 390. The number of aliphatic hydroxyl groups is 1. The molecule has 3 N–H and O–H groups in total. The second-order valence-electron chi connectivity index (χ2n) is 4.01. The Kier molecular flexibility index (Phi) is 7.85. The average molecular weight is 318 g/mol. The Balaban J connectivity index is 0.00000361. The summed E-state index contributed by atoms with van der Waals surface area (Å²) in [5.41, 5.74) is 6.44. The zero-order valence-corrected chi connectivity index (χ0v) is 11.3. The summed E-state index contributed by atoms with van der Waals surface area (Å²) in [4.78, 5) is 0. The minimum absolute atomic E-state index is 0. The van der Waals surface area contributed by atoms with Crippen LogP contribution in [-0.2, 0) is 0 Å². The molecule has 1 atom stereocenters. The number of ether oxygens (including phenoxy) is 1. The first-order valence-electron chi connectivity index (χ1n) is 5.68. The number of hydrogen-bond donors (Lipinski definition) is 2. The molecule has 3 nitrogen and oxygen atoms in total. The van der Waals surface area contributed by atoms with Crippen molar-refractivity contribution in [2.75, 3.05) is 6.61 Å². The molecule has 0 spiro atoms. The van der Waals surface area contributed by atoms with Crippen LogP contribution in [0.2, 0.25) is 0 Å². The van der Waals surface area contributed by atoms with Crippen LogP contribution in [0.25, 0.3) is 0 Å². The Morgan fingerprint density at radius 2 is 1.75 bits per heavy atom. The highest BCUT2D eigenvalue weighted by atomic mass is 35.5. The van der Waals surface area contributed by atoms with Gasteiger partial charge in [-0.2, -0.15) is 17.6 Å². The summed E-state index contributed by atoms with van der Waals surface area (Å²) in [6.07, 6.45) is -7.35. The molecule has 0 aromatic heterocycles. The molecular weight excluding hydrogens is 302 g/mol. The molecule has 0 unspecified atom stereocenters. The third-order valence-electron chi connectivity index (χ3n) is 2.49. The molecule has 0 heterocycles. The maximum absolute atomic E-state index is 12.6. The molecule has 0 saturated carbocycles. The van der Waals surface area contributed by atoms with E-state index in [0.717, 1.165) is 12.1 Å². The topological polar surface area (TPSA) is 55.5 Å². The lowest BCUT2D eigenvalue weighted by atomic mass is 10.0. The first-order valence-corrected chi connectivity index (χ1v) is 5.68. The van der Waals surface area contributed by atoms with Gasteiger partial charge in [-0.3, -0.25) is 0 Å². The number of benzene rings is 1. The van der Waals surface area contributed by atoms with Crippen molar-refractivity contribution < 1.29 is 27.4 Å². The Morgan fingerprint density at radius 1 is 1.20 bits per heavy atom. The van der Waals surface area contributed by atoms with Gasteiger partial charge in [-0.1, -0.05) is 12.1 Å². The average Bonchev–Trinajstić information content (AvgIpc) is 2.36. The fourth-order valence-electron chi connectivity index (χ4n) is 1.46. The van der Waals surface area contributed by atoms with Gasteiger partial charge in [0.15, 0.2) is 0 Å². The maximum atomic E-state index is 12.6. The second-order valence-corrected chi connectivity index (χ2v) is 4.01. The Morgan fingerprint density at radius 3 is 2.20 bits per heavy atom. The molecule has 0 aliphatic rings. The molecule has 1 aromatic rings. The van der Waals surface area contributed by atoms with E-state index in [4.69, 9.17) is 10.8 Å². The first kappa shape index (κ1) is 18.9. The molecule has 8 heteroatoms. The Labute approximate surface area is 120 Å². The largest absolute Gasteiger partial charge is 0.461 e. The molecule has 0 aliphatic carbocycles. The van der Waals surface area contributed by atoms with Gasteiger partial charge in [0.2, 0.25) is 0 Å². The molecular formula is C12H16ClF4NO2. The zero-order valence-electron chi connectivity index (χ0n) is 10.4. The van der Waals surface area contributed by atoms with Crippen molar-refractivity contribution in [2.45, 2.75) is 31.4 Å². The van der Waals surface area contributed by atoms with E-state index in [1.54, 1.807) is 0 Å². The van der Waals surface area contributed by atoms with Crippen LogP contribution in [-0.4, -0.2) is 24.2 Å². The molecule has 116 valence electrons. The van der Waals surface area contributed by atoms with E-state index in [9.17, 15) is 17.6 Å². The standard InChI is InChI=1S/C12H15F4NO2.ClH/c13-11(14)12(15,16)19-9-5-3-8(4-6-9)10(17)2-1-7-18;/h3-6,10-11,18H,1-2,7,17H2;1H/t10-;/m1./s1. The van der Waals surface area contributed by atoms with E-state index in [1.807, 2.05) is 0 Å². The summed E-state index contributed by atoms with van der Waals surface area (Å²) in [6.45, 7) is 0.00943. The summed E-state index contributed by atoms with van der Waals surface area (Å²) in [6, 6.07) is 4.82. The summed E-state index contributed by atoms with van der Waals surface area (Å²) >= 11 is 0. The predicted molar refractivity (Wildman–Crippen MR) is 68.5 cm³/mol. The van der Waals surface area contributed by atoms with Crippen LogP contribution >= 0.6 is 12.4 Å². The van der Waals surface area contributed by atoms with Gasteiger partial charge < -0.3 is 15.6 Å². The van der Waals surface area contributed by atoms with Crippen LogP contribution in [0.4, 0.5) is 17.6 Å². The van der Waals surface area contributed by atoms with Crippen molar-refractivity contribution in [1.82, 2.24) is 0 Å². The second kappa shape index (κ2) is 8.28. The van der Waals surface area contributed by atoms with E-state index in [1.165, 1.54) is 12.1 Å². The van der Waals surface area contributed by atoms with Gasteiger partial charge in [-0.25, -0.2) is 0 Å². The quantitative estimate of drug-likeness (QED) is 0.760. The third-order valence-corrected chi connectivity index (χ3v) is 2.49. The molecule has 1 aromatic carbocycles. The van der Waals surface area contributed by atoms with Gasteiger partial charge in [-0.05, 0) is 30.5 Å². The van der Waals surface area contributed by atoms with Crippen molar-refractivity contribution in [1.29, 1.82) is 0 Å². The van der Waals surface area contributed by atoms with E-state index < -0.39 is 12.5 Å². The van der Waals surface area contributed by atoms with Crippen molar-refractivity contribution in [3.05, 3.63) is 29.8 Å². The summed E-state index contributed by atoms with van der Waals surface area (Å²) in [5.74, 6) is -0.358. The molecule has 0 fully saturated rings. The van der Waals surface area contributed by atoms with Crippen molar-refractivity contribution in [3.63, 3.8) is 0 Å². The van der Waals surface area contributed by atoms with E-state index in [-0.39, 0.29) is 30.8 Å². The summed E-state index contributed by atoms with van der Waals surface area (Å²) < 4.78 is 53.0. The predicted octanol–water partition coefficient (Wildman–Crippen LogP) is 3.12. The molecule has 0 bridgehead atoms. The van der Waals surface area contributed by atoms with Gasteiger partial charge >= 0.3 is 12.5 Å². The highest BCUT2D eigenvalue weighted by Crippen LogP contribution is 2.28. The third kappa shape index (κ3) is 5.52. The summed E-state index contributed by atoms with van der Waals surface area (Å²) in [5, 5.41) is 8.66. The van der Waals surface area contributed by atoms with Crippen LogP contribution in [0, 0.1) is 0 Å². The molecule has 0 radical (unpaired) electrons. The fraction of sp³-hybridized carbons (Fsp3) is 0.500. The number of aliphatic hydroxyl groups excluding tert-OH is 1. The molecule has 20 heavy (non-hydrogen) atoms. The first-order chi connectivity index (χ1) is 8.86. The molecule has 1 rings (SSSR count). The summed E-state index contributed by atoms with van der Waals surface area (Å²) in [7, 11) is 0. The van der Waals surface area contributed by atoms with E-state index >= 15 is 0 Å². The normalized spacial score (nSPS) is 12.9. The van der Waals surface area contributed by atoms with Gasteiger partial charge in [0, 0.05) is 12.6 Å². The SMILES string of the molecule is Cl.N[C@H](CCCO)c1ccc(OC(F)(F)C(F)F)cc1. The van der Waals surface area contributed by atoms with Crippen LogP contribution in [0.1, 0.15) is 24.4 Å². The van der Waals surface area contributed by atoms with Crippen LogP contribution in [0.15, 0.2) is 24.3 Å². The van der Waals surface area contributed by atoms with Crippen molar-refractivity contribution in [3.8, 4) is 5.75 Å². The maximum Gasteiger partial charge on any atom is 0.461 e. The van der Waals surface area contributed by atoms with Crippen LogP contribution in [0.3, 0.4) is 0 Å². The Hall–Kier alpha value is -1.05. The highest BCUT2D eigenvalue weighted by Gasteiger charge is 2.43. The minimum atomic E-state index is -4.51. The van der Waals surface area contributed by atoms with Crippen molar-refractivity contribution >= 4 is 12.4 Å². The van der Waals surface area contributed by atoms with E-state index in [0.29, 0.717) is 18.4 Å². The highest BCUT2D eigenvalue weighted by molar-refractivity contribution is 5.85. The minimum Gasteiger partial charge on any atom is -0.428 e. The van der Waals surface area contributed by atoms with E-state index in [2.05, 4.69) is 4.74 Å². The molecule has 0 saturated heterocycles. The van der Waals surface area contributed by atoms with Crippen LogP contribution < -0.4 is 10.5 Å². The number of alkyl halides is 4. The van der Waals surface area contributed by atoms with Crippen LogP contribution in [0.5, 0.6) is 5.75 Å². The zero-order chi connectivity index (χ0) is 14.5. The number of halogens is 5. The van der Waals surface area contributed by atoms with Gasteiger partial charge in [-0.15, -0.1) is 12.4 Å². The molecule has 0 aliphatic heterocycles. The van der Waals surface area contributed by atoms with Crippen molar-refractivity contribution in [2.24, 2.45) is 5.73 Å². The number of rotatable bonds is 7.